The van der Waals surface area contributed by atoms with E-state index >= 15 is 0 Å². The fourth-order valence-corrected chi connectivity index (χ4v) is 1.46. The van der Waals surface area contributed by atoms with E-state index in [0.717, 1.165) is 5.56 Å². The molecule has 2 rings (SSSR count). The van der Waals surface area contributed by atoms with Gasteiger partial charge in [-0.1, -0.05) is 35.5 Å². The molecule has 2 N–H and O–H groups in total. The minimum atomic E-state index is -0.774. The van der Waals surface area contributed by atoms with Gasteiger partial charge in [-0.25, -0.2) is 0 Å². The number of carbonyl (C=O) groups is 2. The van der Waals surface area contributed by atoms with Gasteiger partial charge < -0.3 is 9.84 Å². The fraction of sp³-hybridized carbons (Fsp3) is 0.154. The molecule has 0 aliphatic carbocycles. The van der Waals surface area contributed by atoms with Crippen LogP contribution in [0, 0.1) is 6.92 Å². The standard InChI is InChI=1S/C13H13N3O3/c1-9-7-11(16-19-9)15-13(18)12(17)14-8-10-5-3-2-4-6-10/h2-7H,8H2,1H3,(H,14,17)(H,15,16,18). The Morgan fingerprint density at radius 2 is 1.95 bits per heavy atom. The van der Waals surface area contributed by atoms with Gasteiger partial charge >= 0.3 is 11.8 Å². The molecule has 98 valence electrons. The molecule has 1 heterocycles. The van der Waals surface area contributed by atoms with E-state index in [0.29, 0.717) is 12.3 Å². The summed E-state index contributed by atoms with van der Waals surface area (Å²) in [6.45, 7) is 1.99. The Bertz CT molecular complexity index is 578. The molecule has 6 heteroatoms. The molecule has 0 aliphatic heterocycles. The lowest BCUT2D eigenvalue weighted by Crippen LogP contribution is -2.35. The van der Waals surface area contributed by atoms with Gasteiger partial charge in [-0.05, 0) is 12.5 Å². The Balaban J connectivity index is 1.84. The van der Waals surface area contributed by atoms with Crippen LogP contribution < -0.4 is 10.6 Å². The molecule has 0 fully saturated rings. The number of benzene rings is 1. The van der Waals surface area contributed by atoms with Gasteiger partial charge in [0, 0.05) is 12.6 Å². The SMILES string of the molecule is Cc1cc(NC(=O)C(=O)NCc2ccccc2)no1. The molecule has 6 nitrogen and oxygen atoms in total. The highest BCUT2D eigenvalue weighted by Crippen LogP contribution is 2.06. The lowest BCUT2D eigenvalue weighted by atomic mass is 10.2. The predicted octanol–water partition coefficient (Wildman–Crippen LogP) is 1.24. The van der Waals surface area contributed by atoms with Gasteiger partial charge in [0.1, 0.15) is 5.76 Å². The molecule has 1 aromatic carbocycles. The zero-order valence-corrected chi connectivity index (χ0v) is 10.3. The van der Waals surface area contributed by atoms with Gasteiger partial charge in [0.05, 0.1) is 0 Å². The van der Waals surface area contributed by atoms with Crippen LogP contribution in [0.15, 0.2) is 40.9 Å². The smallest absolute Gasteiger partial charge is 0.314 e. The Labute approximate surface area is 109 Å². The van der Waals surface area contributed by atoms with Crippen molar-refractivity contribution < 1.29 is 14.1 Å². The van der Waals surface area contributed by atoms with Crippen molar-refractivity contribution in [2.45, 2.75) is 13.5 Å². The molecule has 0 aliphatic rings. The topological polar surface area (TPSA) is 84.2 Å². The third kappa shape index (κ3) is 3.67. The highest BCUT2D eigenvalue weighted by Gasteiger charge is 2.14. The zero-order chi connectivity index (χ0) is 13.7. The number of hydrogen-bond donors (Lipinski definition) is 2. The second kappa shape index (κ2) is 5.81. The van der Waals surface area contributed by atoms with Crippen molar-refractivity contribution in [1.29, 1.82) is 0 Å². The molecule has 0 bridgehead atoms. The summed E-state index contributed by atoms with van der Waals surface area (Å²) in [7, 11) is 0. The monoisotopic (exact) mass is 259 g/mol. The quantitative estimate of drug-likeness (QED) is 0.812. The molecular weight excluding hydrogens is 246 g/mol. The number of rotatable bonds is 3. The van der Waals surface area contributed by atoms with E-state index in [1.807, 2.05) is 30.3 Å². The van der Waals surface area contributed by atoms with Crippen molar-refractivity contribution in [3.63, 3.8) is 0 Å². The average molecular weight is 259 g/mol. The predicted molar refractivity (Wildman–Crippen MR) is 68.2 cm³/mol. The Kier molecular flexibility index (Phi) is 3.92. The maximum absolute atomic E-state index is 11.5. The minimum absolute atomic E-state index is 0.220. The first-order valence-electron chi connectivity index (χ1n) is 5.71. The third-order valence-corrected chi connectivity index (χ3v) is 2.37. The van der Waals surface area contributed by atoms with Gasteiger partial charge in [-0.15, -0.1) is 0 Å². The molecule has 0 saturated heterocycles. The van der Waals surface area contributed by atoms with Crippen molar-refractivity contribution in [3.8, 4) is 0 Å². The number of aromatic nitrogens is 1. The average Bonchev–Trinajstić information content (AvgIpc) is 2.82. The second-order valence-corrected chi connectivity index (χ2v) is 3.95. The number of nitrogens with one attached hydrogen (secondary N) is 2. The van der Waals surface area contributed by atoms with E-state index in [1.54, 1.807) is 6.92 Å². The fourth-order valence-electron chi connectivity index (χ4n) is 1.46. The lowest BCUT2D eigenvalue weighted by Gasteiger charge is -2.04. The molecule has 1 aromatic heterocycles. The van der Waals surface area contributed by atoms with E-state index < -0.39 is 11.8 Å². The van der Waals surface area contributed by atoms with Gasteiger partial charge in [-0.3, -0.25) is 14.9 Å². The number of aryl methyl sites for hydroxylation is 1. The number of amides is 2. The Morgan fingerprint density at radius 3 is 2.58 bits per heavy atom. The highest BCUT2D eigenvalue weighted by atomic mass is 16.5. The van der Waals surface area contributed by atoms with Gasteiger partial charge in [0.25, 0.3) is 0 Å². The van der Waals surface area contributed by atoms with Gasteiger partial charge in [0.2, 0.25) is 0 Å². The summed E-state index contributed by atoms with van der Waals surface area (Å²) in [5, 5.41) is 8.43. The molecule has 0 radical (unpaired) electrons. The van der Waals surface area contributed by atoms with Crippen LogP contribution in [0.1, 0.15) is 11.3 Å². The Morgan fingerprint density at radius 1 is 1.21 bits per heavy atom. The van der Waals surface area contributed by atoms with Crippen LogP contribution in [0.25, 0.3) is 0 Å². The largest absolute Gasteiger partial charge is 0.360 e. The van der Waals surface area contributed by atoms with E-state index in [-0.39, 0.29) is 5.82 Å². The van der Waals surface area contributed by atoms with E-state index in [4.69, 9.17) is 4.52 Å². The van der Waals surface area contributed by atoms with E-state index in [2.05, 4.69) is 15.8 Å². The zero-order valence-electron chi connectivity index (χ0n) is 10.3. The molecule has 0 unspecified atom stereocenters. The Hall–Kier alpha value is -2.63. The number of nitrogens with zero attached hydrogens (tertiary/aromatic N) is 1. The number of hydrogen-bond acceptors (Lipinski definition) is 4. The van der Waals surface area contributed by atoms with Crippen LogP contribution in [-0.4, -0.2) is 17.0 Å². The van der Waals surface area contributed by atoms with Crippen LogP contribution in [0.3, 0.4) is 0 Å². The lowest BCUT2D eigenvalue weighted by molar-refractivity contribution is -0.136. The normalized spacial score (nSPS) is 9.95. The van der Waals surface area contributed by atoms with Crippen LogP contribution in [0.4, 0.5) is 5.82 Å². The van der Waals surface area contributed by atoms with Crippen LogP contribution in [-0.2, 0) is 16.1 Å². The highest BCUT2D eigenvalue weighted by molar-refractivity contribution is 6.39. The maximum Gasteiger partial charge on any atom is 0.314 e. The van der Waals surface area contributed by atoms with Crippen LogP contribution in [0.2, 0.25) is 0 Å². The molecule has 19 heavy (non-hydrogen) atoms. The van der Waals surface area contributed by atoms with Gasteiger partial charge in [-0.2, -0.15) is 0 Å². The summed E-state index contributed by atoms with van der Waals surface area (Å²) in [5.41, 5.74) is 0.918. The van der Waals surface area contributed by atoms with Crippen LogP contribution in [0.5, 0.6) is 0 Å². The first kappa shape index (κ1) is 12.8. The summed E-state index contributed by atoms with van der Waals surface area (Å²) in [6.07, 6.45) is 0. The minimum Gasteiger partial charge on any atom is -0.360 e. The van der Waals surface area contributed by atoms with Crippen molar-refractivity contribution in [1.82, 2.24) is 10.5 Å². The van der Waals surface area contributed by atoms with Crippen LogP contribution >= 0.6 is 0 Å². The van der Waals surface area contributed by atoms with Crippen molar-refractivity contribution in [3.05, 3.63) is 47.7 Å². The van der Waals surface area contributed by atoms with E-state index in [1.165, 1.54) is 6.07 Å². The molecule has 0 saturated carbocycles. The summed E-state index contributed by atoms with van der Waals surface area (Å²) in [6, 6.07) is 10.9. The van der Waals surface area contributed by atoms with E-state index in [9.17, 15) is 9.59 Å². The summed E-state index contributed by atoms with van der Waals surface area (Å²) >= 11 is 0. The molecule has 0 spiro atoms. The first-order valence-corrected chi connectivity index (χ1v) is 5.71. The second-order valence-electron chi connectivity index (χ2n) is 3.95. The maximum atomic E-state index is 11.5. The molecular formula is C13H13N3O3. The summed E-state index contributed by atoms with van der Waals surface area (Å²) < 4.78 is 4.78. The van der Waals surface area contributed by atoms with Gasteiger partial charge in [0.15, 0.2) is 5.82 Å². The molecule has 0 atom stereocenters. The first-order chi connectivity index (χ1) is 9.15. The third-order valence-electron chi connectivity index (χ3n) is 2.37. The molecule has 2 amide bonds. The van der Waals surface area contributed by atoms with Crippen molar-refractivity contribution in [2.24, 2.45) is 0 Å². The summed E-state index contributed by atoms with van der Waals surface area (Å²) in [4.78, 5) is 23.1. The van der Waals surface area contributed by atoms with Crippen molar-refractivity contribution >= 4 is 17.6 Å². The molecule has 2 aromatic rings. The number of anilines is 1. The summed E-state index contributed by atoms with van der Waals surface area (Å²) in [5.74, 6) is -0.717. The number of carbonyl (C=O) groups excluding carboxylic acids is 2. The van der Waals surface area contributed by atoms with Crippen molar-refractivity contribution in [2.75, 3.05) is 5.32 Å².